The predicted molar refractivity (Wildman–Crippen MR) is 111 cm³/mol. The topological polar surface area (TPSA) is 69.6 Å². The second-order valence-electron chi connectivity index (χ2n) is 7.11. The van der Waals surface area contributed by atoms with Crippen molar-refractivity contribution < 1.29 is 26.7 Å². The molecule has 0 aromatic heterocycles. The molecular formula is C20H23F3N2O3S2. The van der Waals surface area contributed by atoms with Gasteiger partial charge in [-0.2, -0.15) is 13.2 Å². The van der Waals surface area contributed by atoms with Crippen LogP contribution in [0.15, 0.2) is 64.4 Å². The quantitative estimate of drug-likeness (QED) is 0.557. The van der Waals surface area contributed by atoms with Gasteiger partial charge < -0.3 is 10.4 Å². The number of nitrogens with one attached hydrogen (secondary N) is 1. The van der Waals surface area contributed by atoms with Crippen molar-refractivity contribution in [1.82, 2.24) is 4.90 Å². The van der Waals surface area contributed by atoms with Gasteiger partial charge in [-0.15, -0.1) is 11.8 Å². The van der Waals surface area contributed by atoms with Gasteiger partial charge in [0, 0.05) is 36.3 Å². The summed E-state index contributed by atoms with van der Waals surface area (Å²) in [5, 5.41) is 12.5. The van der Waals surface area contributed by atoms with Gasteiger partial charge in [-0.1, -0.05) is 30.3 Å². The van der Waals surface area contributed by atoms with Crippen molar-refractivity contribution in [2.24, 2.45) is 0 Å². The highest BCUT2D eigenvalue weighted by molar-refractivity contribution is 7.99. The van der Waals surface area contributed by atoms with E-state index < -0.39 is 20.2 Å². The Morgan fingerprint density at radius 2 is 1.73 bits per heavy atom. The van der Waals surface area contributed by atoms with E-state index in [4.69, 9.17) is 0 Å². The number of β-amino-alcohol motifs (C(OH)–C–C–N with tert-alkyl or cyclic N) is 1. The first-order chi connectivity index (χ1) is 14.2. The average molecular weight is 461 g/mol. The number of anilines is 1. The van der Waals surface area contributed by atoms with E-state index >= 15 is 0 Å². The second kappa shape index (κ2) is 9.59. The third-order valence-corrected chi connectivity index (χ3v) is 7.49. The van der Waals surface area contributed by atoms with E-state index in [2.05, 4.69) is 5.32 Å². The summed E-state index contributed by atoms with van der Waals surface area (Å²) in [5.41, 5.74) is -5.43. The number of hydrogen-bond acceptors (Lipinski definition) is 6. The number of aliphatic hydroxyl groups is 1. The number of rotatable bonds is 9. The Morgan fingerprint density at radius 3 is 2.37 bits per heavy atom. The van der Waals surface area contributed by atoms with E-state index in [1.54, 1.807) is 11.8 Å². The fourth-order valence-electron chi connectivity index (χ4n) is 3.14. The molecule has 2 N–H and O–H groups in total. The number of hydrogen-bond donors (Lipinski definition) is 2. The number of thioether (sulfide) groups is 1. The number of sulfone groups is 1. The van der Waals surface area contributed by atoms with E-state index in [-0.39, 0.29) is 17.8 Å². The zero-order chi connectivity index (χ0) is 21.8. The van der Waals surface area contributed by atoms with E-state index in [0.717, 1.165) is 11.0 Å². The van der Waals surface area contributed by atoms with Gasteiger partial charge in [0.05, 0.1) is 16.7 Å². The molecule has 1 atom stereocenters. The molecule has 5 nitrogen and oxygen atoms in total. The monoisotopic (exact) mass is 460 g/mol. The fraction of sp³-hybridized carbons (Fsp3) is 0.400. The second-order valence-corrected chi connectivity index (χ2v) is 10.1. The van der Waals surface area contributed by atoms with E-state index in [9.17, 15) is 26.7 Å². The molecule has 0 unspecified atom stereocenters. The van der Waals surface area contributed by atoms with Crippen LogP contribution >= 0.6 is 11.8 Å². The molecule has 0 spiro atoms. The van der Waals surface area contributed by atoms with Gasteiger partial charge >= 0.3 is 5.51 Å². The van der Waals surface area contributed by atoms with Crippen LogP contribution in [0.2, 0.25) is 0 Å². The van der Waals surface area contributed by atoms with Crippen molar-refractivity contribution in [3.8, 4) is 0 Å². The summed E-state index contributed by atoms with van der Waals surface area (Å²) in [4.78, 5) is 2.29. The summed E-state index contributed by atoms with van der Waals surface area (Å²) in [6.45, 7) is 1.79. The lowest BCUT2D eigenvalue weighted by atomic mass is 10.1. The molecule has 164 valence electrons. The molecule has 1 fully saturated rings. The van der Waals surface area contributed by atoms with Crippen LogP contribution in [0.5, 0.6) is 0 Å². The summed E-state index contributed by atoms with van der Waals surface area (Å²) in [6, 6.07) is 14.4. The van der Waals surface area contributed by atoms with Gasteiger partial charge in [-0.05, 0) is 30.7 Å². The smallest absolute Gasteiger partial charge is 0.390 e. The summed E-state index contributed by atoms with van der Waals surface area (Å²) in [6.07, 6.45) is 0.250. The van der Waals surface area contributed by atoms with Crippen LogP contribution in [0.1, 0.15) is 6.42 Å². The minimum atomic E-state index is -5.46. The number of nitrogens with zero attached hydrogens (tertiary/aromatic N) is 1. The van der Waals surface area contributed by atoms with Gasteiger partial charge in [0.15, 0.2) is 0 Å². The highest BCUT2D eigenvalue weighted by Crippen LogP contribution is 2.35. The number of alkyl halides is 3. The van der Waals surface area contributed by atoms with Crippen LogP contribution in [-0.2, 0) is 9.84 Å². The van der Waals surface area contributed by atoms with Gasteiger partial charge in [-0.25, -0.2) is 8.42 Å². The molecule has 30 heavy (non-hydrogen) atoms. The first-order valence-corrected chi connectivity index (χ1v) is 11.9. The number of halogens is 3. The molecular weight excluding hydrogens is 437 g/mol. The maximum Gasteiger partial charge on any atom is 0.501 e. The molecule has 0 aliphatic carbocycles. The molecule has 2 aromatic carbocycles. The first-order valence-electron chi connectivity index (χ1n) is 9.42. The highest BCUT2D eigenvalue weighted by atomic mass is 32.2. The summed E-state index contributed by atoms with van der Waals surface area (Å²) < 4.78 is 63.3. The van der Waals surface area contributed by atoms with Crippen LogP contribution < -0.4 is 5.32 Å². The summed E-state index contributed by atoms with van der Waals surface area (Å²) >= 11 is 1.54. The Labute approximate surface area is 178 Å². The van der Waals surface area contributed by atoms with Gasteiger partial charge in [0.1, 0.15) is 0 Å². The van der Waals surface area contributed by atoms with Gasteiger partial charge in [0.2, 0.25) is 0 Å². The molecule has 1 aliphatic rings. The third-order valence-electron chi connectivity index (χ3n) is 4.77. The van der Waals surface area contributed by atoms with Crippen molar-refractivity contribution in [2.45, 2.75) is 33.9 Å². The van der Waals surface area contributed by atoms with Crippen LogP contribution in [0.3, 0.4) is 0 Å². The Balaban J connectivity index is 1.76. The standard InChI is InChI=1S/C20H23F3N2O3S2/c21-20(22,23)30(27,28)19-9-5-4-8-18(19)24-15(10-11-25-12-16(26)13-25)14-29-17-6-2-1-3-7-17/h1-9,15-16,24,26H,10-14H2/t15-/m1/s1. The summed E-state index contributed by atoms with van der Waals surface area (Å²) in [5.74, 6) is 0.542. The minimum absolute atomic E-state index is 0.0582. The number of aliphatic hydroxyl groups excluding tert-OH is 1. The van der Waals surface area contributed by atoms with Crippen LogP contribution in [0.25, 0.3) is 0 Å². The SMILES string of the molecule is O=S(=O)(c1ccccc1N[C@H](CCN1CC(O)C1)CSc1ccccc1)C(F)(F)F. The van der Waals surface area contributed by atoms with Crippen LogP contribution in [0, 0.1) is 0 Å². The summed E-state index contributed by atoms with van der Waals surface area (Å²) in [7, 11) is -5.46. The van der Waals surface area contributed by atoms with E-state index in [0.29, 0.717) is 31.8 Å². The third kappa shape index (κ3) is 5.69. The lowest BCUT2D eigenvalue weighted by molar-refractivity contribution is -0.0435. The predicted octanol–water partition coefficient (Wildman–Crippen LogP) is 3.62. The van der Waals surface area contributed by atoms with Crippen molar-refractivity contribution in [3.05, 3.63) is 54.6 Å². The molecule has 2 aromatic rings. The number of para-hydroxylation sites is 1. The Hall–Kier alpha value is -1.75. The minimum Gasteiger partial charge on any atom is -0.390 e. The average Bonchev–Trinajstić information content (AvgIpc) is 2.68. The largest absolute Gasteiger partial charge is 0.501 e. The molecule has 3 rings (SSSR count). The normalized spacial score (nSPS) is 16.8. The molecule has 1 saturated heterocycles. The van der Waals surface area contributed by atoms with E-state index in [1.807, 2.05) is 35.2 Å². The van der Waals surface area contributed by atoms with Gasteiger partial charge in [-0.3, -0.25) is 4.90 Å². The molecule has 0 saturated carbocycles. The Bertz CT molecular complexity index is 934. The van der Waals surface area contributed by atoms with E-state index in [1.165, 1.54) is 18.2 Å². The number of likely N-dealkylation sites (tertiary alicyclic amines) is 1. The van der Waals surface area contributed by atoms with Gasteiger partial charge in [0.25, 0.3) is 9.84 Å². The molecule has 1 heterocycles. The Morgan fingerprint density at radius 1 is 1.10 bits per heavy atom. The first kappa shape index (κ1) is 22.9. The maximum absolute atomic E-state index is 13.1. The van der Waals surface area contributed by atoms with Crippen LogP contribution in [0.4, 0.5) is 18.9 Å². The zero-order valence-electron chi connectivity index (χ0n) is 16.0. The Kier molecular flexibility index (Phi) is 7.33. The molecule has 10 heteroatoms. The molecule has 1 aliphatic heterocycles. The lowest BCUT2D eigenvalue weighted by Gasteiger charge is -2.36. The highest BCUT2D eigenvalue weighted by Gasteiger charge is 2.48. The zero-order valence-corrected chi connectivity index (χ0v) is 17.7. The van der Waals surface area contributed by atoms with Crippen molar-refractivity contribution >= 4 is 27.3 Å². The van der Waals surface area contributed by atoms with Crippen molar-refractivity contribution in [3.63, 3.8) is 0 Å². The van der Waals surface area contributed by atoms with Crippen molar-refractivity contribution in [2.75, 3.05) is 30.7 Å². The molecule has 0 radical (unpaired) electrons. The fourth-order valence-corrected chi connectivity index (χ4v) is 5.06. The molecule has 0 amide bonds. The maximum atomic E-state index is 13.1. The lowest BCUT2D eigenvalue weighted by Crippen LogP contribution is -2.51. The number of benzene rings is 2. The van der Waals surface area contributed by atoms with Crippen LogP contribution in [-0.4, -0.2) is 61.5 Å². The molecule has 0 bridgehead atoms. The van der Waals surface area contributed by atoms with Crippen molar-refractivity contribution in [1.29, 1.82) is 0 Å².